The van der Waals surface area contributed by atoms with Gasteiger partial charge in [-0.15, -0.1) is 0 Å². The molecule has 0 fully saturated rings. The number of fused-ring (bicyclic) bond motifs is 1. The molecule has 0 aromatic heterocycles. The maximum Gasteiger partial charge on any atom is 0.123 e. The first-order valence-corrected chi connectivity index (χ1v) is 4.72. The molecule has 0 bridgehead atoms. The second kappa shape index (κ2) is 3.88. The van der Waals surface area contributed by atoms with Crippen LogP contribution in [0.5, 0.6) is 11.5 Å². The van der Waals surface area contributed by atoms with Gasteiger partial charge in [-0.3, -0.25) is 0 Å². The summed E-state index contributed by atoms with van der Waals surface area (Å²) in [5.74, 6) is 1.87. The minimum Gasteiger partial charge on any atom is -0.496 e. The van der Waals surface area contributed by atoms with Crippen molar-refractivity contribution in [2.24, 2.45) is 0 Å². The quantitative estimate of drug-likeness (QED) is 0.708. The molecule has 1 aliphatic rings. The van der Waals surface area contributed by atoms with Gasteiger partial charge in [0.1, 0.15) is 11.5 Å². The molecule has 1 aromatic rings. The van der Waals surface area contributed by atoms with Gasteiger partial charge in [0.25, 0.3) is 0 Å². The Morgan fingerprint density at radius 1 is 1.07 bits per heavy atom. The second-order valence-electron chi connectivity index (χ2n) is 3.28. The summed E-state index contributed by atoms with van der Waals surface area (Å²) in [6, 6.07) is 3.90. The zero-order valence-corrected chi connectivity index (χ0v) is 8.54. The number of ether oxygens (including phenoxy) is 2. The van der Waals surface area contributed by atoms with E-state index in [0.29, 0.717) is 0 Å². The zero-order valence-electron chi connectivity index (χ0n) is 8.54. The molecule has 0 spiro atoms. The van der Waals surface area contributed by atoms with Gasteiger partial charge >= 0.3 is 0 Å². The van der Waals surface area contributed by atoms with Crippen molar-refractivity contribution < 1.29 is 9.47 Å². The van der Waals surface area contributed by atoms with Crippen LogP contribution in [-0.4, -0.2) is 20.8 Å². The minimum atomic E-state index is 0.746. The van der Waals surface area contributed by atoms with Crippen LogP contribution in [0.2, 0.25) is 0 Å². The van der Waals surface area contributed by atoms with Crippen LogP contribution in [0.15, 0.2) is 12.1 Å². The number of hydrogen-bond donors (Lipinski definition) is 0. The molecule has 0 amide bonds. The summed E-state index contributed by atoms with van der Waals surface area (Å²) in [5, 5.41) is 4.37. The monoisotopic (exact) mass is 192 g/mol. The van der Waals surface area contributed by atoms with E-state index in [1.165, 1.54) is 11.1 Å². The number of rotatable bonds is 2. The van der Waals surface area contributed by atoms with E-state index in [1.54, 1.807) is 14.2 Å². The van der Waals surface area contributed by atoms with Crippen LogP contribution in [0.25, 0.3) is 0 Å². The molecule has 0 aliphatic carbocycles. The highest BCUT2D eigenvalue weighted by atomic mass is 16.5. The molecule has 1 aromatic carbocycles. The minimum absolute atomic E-state index is 0.746. The van der Waals surface area contributed by atoms with Gasteiger partial charge in [0.05, 0.1) is 14.2 Å². The first kappa shape index (κ1) is 9.34. The summed E-state index contributed by atoms with van der Waals surface area (Å²) in [7, 11) is 3.39. The average Bonchev–Trinajstić information content (AvgIpc) is 2.27. The number of benzene rings is 1. The Morgan fingerprint density at radius 2 is 1.71 bits per heavy atom. The van der Waals surface area contributed by atoms with E-state index in [4.69, 9.17) is 9.47 Å². The van der Waals surface area contributed by atoms with Crippen LogP contribution < -0.4 is 14.8 Å². The Hall–Kier alpha value is -1.22. The molecule has 1 heterocycles. The normalized spacial score (nSPS) is 14.7. The molecule has 3 nitrogen and oxygen atoms in total. The molecular formula is C11H14NO2. The van der Waals surface area contributed by atoms with Crippen molar-refractivity contribution in [1.29, 1.82) is 0 Å². The third-order valence-electron chi connectivity index (χ3n) is 2.57. The van der Waals surface area contributed by atoms with Gasteiger partial charge in [0.2, 0.25) is 0 Å². The van der Waals surface area contributed by atoms with Crippen LogP contribution in [0.3, 0.4) is 0 Å². The summed E-state index contributed by atoms with van der Waals surface area (Å²) in [6.07, 6.45) is 0.954. The van der Waals surface area contributed by atoms with Crippen molar-refractivity contribution in [3.8, 4) is 11.5 Å². The lowest BCUT2D eigenvalue weighted by Crippen LogP contribution is -2.19. The number of methoxy groups -OCH3 is 2. The molecule has 75 valence electrons. The average molecular weight is 192 g/mol. The molecule has 0 N–H and O–H groups in total. The largest absolute Gasteiger partial charge is 0.496 e. The smallest absolute Gasteiger partial charge is 0.123 e. The summed E-state index contributed by atoms with van der Waals surface area (Å²) in [6.45, 7) is 1.63. The van der Waals surface area contributed by atoms with Gasteiger partial charge in [0.15, 0.2) is 0 Å². The van der Waals surface area contributed by atoms with E-state index < -0.39 is 0 Å². The third kappa shape index (κ3) is 1.44. The molecule has 0 atom stereocenters. The van der Waals surface area contributed by atoms with Crippen LogP contribution in [0, 0.1) is 0 Å². The highest BCUT2D eigenvalue weighted by Crippen LogP contribution is 2.32. The Morgan fingerprint density at radius 3 is 2.36 bits per heavy atom. The molecule has 2 rings (SSSR count). The molecule has 0 saturated heterocycles. The predicted molar refractivity (Wildman–Crippen MR) is 54.0 cm³/mol. The van der Waals surface area contributed by atoms with Crippen molar-refractivity contribution >= 4 is 0 Å². The van der Waals surface area contributed by atoms with Crippen LogP contribution in [0.4, 0.5) is 0 Å². The van der Waals surface area contributed by atoms with Crippen molar-refractivity contribution in [1.82, 2.24) is 5.32 Å². The summed E-state index contributed by atoms with van der Waals surface area (Å²) in [5.41, 5.74) is 2.43. The van der Waals surface area contributed by atoms with E-state index in [0.717, 1.165) is 31.0 Å². The Kier molecular flexibility index (Phi) is 2.59. The summed E-state index contributed by atoms with van der Waals surface area (Å²) >= 11 is 0. The fourth-order valence-corrected chi connectivity index (χ4v) is 1.86. The Bertz CT molecular complexity index is 303. The number of nitrogens with zero attached hydrogens (tertiary/aromatic N) is 1. The van der Waals surface area contributed by atoms with Crippen molar-refractivity contribution in [3.05, 3.63) is 23.3 Å². The van der Waals surface area contributed by atoms with Gasteiger partial charge in [-0.05, 0) is 18.6 Å². The molecule has 0 unspecified atom stereocenters. The van der Waals surface area contributed by atoms with E-state index >= 15 is 0 Å². The van der Waals surface area contributed by atoms with E-state index in [1.807, 2.05) is 12.1 Å². The predicted octanol–water partition coefficient (Wildman–Crippen LogP) is 1.36. The third-order valence-corrected chi connectivity index (χ3v) is 2.57. The SMILES string of the molecule is COc1ccc(OC)c2c1CC[N]C2. The maximum atomic E-state index is 5.31. The van der Waals surface area contributed by atoms with Gasteiger partial charge in [-0.25, -0.2) is 5.32 Å². The van der Waals surface area contributed by atoms with E-state index in [-0.39, 0.29) is 0 Å². The zero-order chi connectivity index (χ0) is 9.97. The molecule has 0 saturated carbocycles. The van der Waals surface area contributed by atoms with Crippen LogP contribution in [-0.2, 0) is 13.0 Å². The van der Waals surface area contributed by atoms with Crippen molar-refractivity contribution in [2.75, 3.05) is 20.8 Å². The van der Waals surface area contributed by atoms with E-state index in [2.05, 4.69) is 5.32 Å². The highest BCUT2D eigenvalue weighted by Gasteiger charge is 2.18. The van der Waals surface area contributed by atoms with Crippen LogP contribution in [0.1, 0.15) is 11.1 Å². The van der Waals surface area contributed by atoms with Gasteiger partial charge in [0, 0.05) is 24.2 Å². The Balaban J connectivity index is 2.50. The fraction of sp³-hybridized carbons (Fsp3) is 0.455. The van der Waals surface area contributed by atoms with Crippen LogP contribution >= 0.6 is 0 Å². The van der Waals surface area contributed by atoms with E-state index in [9.17, 15) is 0 Å². The Labute approximate surface area is 84.0 Å². The molecule has 14 heavy (non-hydrogen) atoms. The summed E-state index contributed by atoms with van der Waals surface area (Å²) in [4.78, 5) is 0. The molecular weight excluding hydrogens is 178 g/mol. The molecule has 1 radical (unpaired) electrons. The van der Waals surface area contributed by atoms with Crippen molar-refractivity contribution in [3.63, 3.8) is 0 Å². The van der Waals surface area contributed by atoms with Gasteiger partial charge in [-0.2, -0.15) is 0 Å². The first-order valence-electron chi connectivity index (χ1n) is 4.72. The molecule has 1 aliphatic heterocycles. The lowest BCUT2D eigenvalue weighted by Gasteiger charge is -2.20. The fourth-order valence-electron chi connectivity index (χ4n) is 1.86. The number of hydrogen-bond acceptors (Lipinski definition) is 2. The lowest BCUT2D eigenvalue weighted by atomic mass is 9.99. The molecule has 3 heteroatoms. The van der Waals surface area contributed by atoms with Gasteiger partial charge < -0.3 is 9.47 Å². The maximum absolute atomic E-state index is 5.31. The highest BCUT2D eigenvalue weighted by molar-refractivity contribution is 5.49. The lowest BCUT2D eigenvalue weighted by molar-refractivity contribution is 0.387. The topological polar surface area (TPSA) is 32.6 Å². The van der Waals surface area contributed by atoms with Crippen molar-refractivity contribution in [2.45, 2.75) is 13.0 Å². The van der Waals surface area contributed by atoms with Gasteiger partial charge in [-0.1, -0.05) is 0 Å². The standard InChI is InChI=1S/C11H14NO2/c1-13-10-3-4-11(14-2)9-7-12-6-5-8(9)10/h3-4H,5-7H2,1-2H3. The first-order chi connectivity index (χ1) is 6.86. The second-order valence-corrected chi connectivity index (χ2v) is 3.28. The summed E-state index contributed by atoms with van der Waals surface area (Å²) < 4.78 is 10.6.